The van der Waals surface area contributed by atoms with E-state index in [0.717, 1.165) is 5.56 Å². The molecular weight excluding hydrogens is 332 g/mol. The van der Waals surface area contributed by atoms with E-state index < -0.39 is 0 Å². The number of halogens is 2. The second-order valence-electron chi connectivity index (χ2n) is 6.01. The molecule has 26 heavy (non-hydrogen) atoms. The normalized spacial score (nSPS) is 10.7. The quantitative estimate of drug-likeness (QED) is 0.583. The van der Waals surface area contributed by atoms with Crippen molar-refractivity contribution in [1.82, 2.24) is 5.32 Å². The minimum atomic E-state index is -0.270. The molecule has 0 saturated heterocycles. The summed E-state index contributed by atoms with van der Waals surface area (Å²) >= 11 is 0. The summed E-state index contributed by atoms with van der Waals surface area (Å²) in [5.41, 5.74) is 2.20. The largest absolute Gasteiger partial charge is 0.488 e. The van der Waals surface area contributed by atoms with Crippen molar-refractivity contribution in [2.45, 2.75) is 19.6 Å². The predicted molar refractivity (Wildman–Crippen MR) is 99.0 cm³/mol. The van der Waals surface area contributed by atoms with Crippen molar-refractivity contribution in [2.24, 2.45) is 0 Å². The van der Waals surface area contributed by atoms with Crippen LogP contribution in [-0.4, -0.2) is 6.54 Å². The second-order valence-corrected chi connectivity index (χ2v) is 6.01. The Morgan fingerprint density at radius 2 is 1.27 bits per heavy atom. The van der Waals surface area contributed by atoms with Crippen molar-refractivity contribution in [1.29, 1.82) is 0 Å². The Labute approximate surface area is 152 Å². The van der Waals surface area contributed by atoms with Gasteiger partial charge < -0.3 is 10.1 Å². The van der Waals surface area contributed by atoms with Crippen LogP contribution in [0.2, 0.25) is 0 Å². The zero-order chi connectivity index (χ0) is 18.2. The van der Waals surface area contributed by atoms with Crippen LogP contribution in [0.1, 0.15) is 16.7 Å². The number of nitrogens with one attached hydrogen (secondary N) is 1. The van der Waals surface area contributed by atoms with Gasteiger partial charge in [-0.15, -0.1) is 0 Å². The van der Waals surface area contributed by atoms with Gasteiger partial charge in [-0.1, -0.05) is 54.6 Å². The maximum absolute atomic E-state index is 13.7. The molecule has 4 heteroatoms. The van der Waals surface area contributed by atoms with E-state index in [2.05, 4.69) is 5.32 Å². The maximum atomic E-state index is 13.7. The lowest BCUT2D eigenvalue weighted by Crippen LogP contribution is -2.17. The van der Waals surface area contributed by atoms with E-state index in [0.29, 0.717) is 36.4 Å². The Morgan fingerprint density at radius 1 is 0.692 bits per heavy atom. The first-order chi connectivity index (χ1) is 12.7. The van der Waals surface area contributed by atoms with Crippen molar-refractivity contribution in [3.8, 4) is 5.75 Å². The lowest BCUT2D eigenvalue weighted by atomic mass is 10.1. The van der Waals surface area contributed by atoms with Crippen LogP contribution in [0.15, 0.2) is 72.8 Å². The first-order valence-corrected chi connectivity index (χ1v) is 8.62. The Bertz CT molecular complexity index is 851. The number of hydrogen-bond donors (Lipinski definition) is 1. The summed E-state index contributed by atoms with van der Waals surface area (Å²) in [5.74, 6) is 0.269. The zero-order valence-electron chi connectivity index (χ0n) is 14.4. The standard InChI is InChI=1S/C22H21F2NO/c23-20-10-4-1-7-17(20)13-14-25-15-18-8-3-6-12-22(18)26-16-19-9-2-5-11-21(19)24/h1-12,25H,13-16H2. The number of benzene rings is 3. The van der Waals surface area contributed by atoms with Gasteiger partial charge in [-0.3, -0.25) is 0 Å². The van der Waals surface area contributed by atoms with E-state index in [-0.39, 0.29) is 18.2 Å². The molecule has 0 aliphatic rings. The van der Waals surface area contributed by atoms with Gasteiger partial charge >= 0.3 is 0 Å². The van der Waals surface area contributed by atoms with E-state index in [1.165, 1.54) is 12.1 Å². The summed E-state index contributed by atoms with van der Waals surface area (Å²) < 4.78 is 33.1. The molecule has 0 aliphatic heterocycles. The zero-order valence-corrected chi connectivity index (χ0v) is 14.4. The monoisotopic (exact) mass is 353 g/mol. The van der Waals surface area contributed by atoms with Crippen molar-refractivity contribution in [3.05, 3.63) is 101 Å². The summed E-state index contributed by atoms with van der Waals surface area (Å²) in [5, 5.41) is 3.31. The third kappa shape index (κ3) is 4.90. The Balaban J connectivity index is 1.54. The van der Waals surface area contributed by atoms with Gasteiger partial charge in [0.1, 0.15) is 24.0 Å². The third-order valence-corrected chi connectivity index (χ3v) is 4.16. The van der Waals surface area contributed by atoms with Gasteiger partial charge in [-0.2, -0.15) is 0 Å². The molecule has 134 valence electrons. The molecule has 0 aromatic heterocycles. The van der Waals surface area contributed by atoms with Crippen LogP contribution >= 0.6 is 0 Å². The fourth-order valence-electron chi connectivity index (χ4n) is 2.71. The molecule has 0 saturated carbocycles. The molecule has 1 N–H and O–H groups in total. The van der Waals surface area contributed by atoms with E-state index in [1.807, 2.05) is 30.3 Å². The van der Waals surface area contributed by atoms with Crippen molar-refractivity contribution in [2.75, 3.05) is 6.54 Å². The second kappa shape index (κ2) is 9.11. The average Bonchev–Trinajstić information content (AvgIpc) is 2.67. The molecule has 0 heterocycles. The van der Waals surface area contributed by atoms with Crippen LogP contribution in [0.25, 0.3) is 0 Å². The fourth-order valence-corrected chi connectivity index (χ4v) is 2.71. The van der Waals surface area contributed by atoms with Crippen LogP contribution < -0.4 is 10.1 Å². The SMILES string of the molecule is Fc1ccccc1CCNCc1ccccc1OCc1ccccc1F. The Morgan fingerprint density at radius 3 is 1.96 bits per heavy atom. The summed E-state index contributed by atoms with van der Waals surface area (Å²) in [7, 11) is 0. The molecule has 3 aromatic carbocycles. The number of ether oxygens (including phenoxy) is 1. The van der Waals surface area contributed by atoms with Gasteiger partial charge in [0.05, 0.1) is 0 Å². The molecule has 3 rings (SSSR count). The Hall–Kier alpha value is -2.72. The highest BCUT2D eigenvalue weighted by Gasteiger charge is 2.06. The van der Waals surface area contributed by atoms with Crippen LogP contribution in [0.4, 0.5) is 8.78 Å². The number of hydrogen-bond acceptors (Lipinski definition) is 2. The third-order valence-electron chi connectivity index (χ3n) is 4.16. The minimum Gasteiger partial charge on any atom is -0.488 e. The number of para-hydroxylation sites is 1. The molecule has 0 bridgehead atoms. The highest BCUT2D eigenvalue weighted by molar-refractivity contribution is 5.33. The van der Waals surface area contributed by atoms with Crippen LogP contribution in [0, 0.1) is 11.6 Å². The van der Waals surface area contributed by atoms with Gasteiger partial charge in [-0.05, 0) is 36.7 Å². The summed E-state index contributed by atoms with van der Waals surface area (Å²) in [4.78, 5) is 0. The molecule has 0 unspecified atom stereocenters. The maximum Gasteiger partial charge on any atom is 0.129 e. The first-order valence-electron chi connectivity index (χ1n) is 8.62. The van der Waals surface area contributed by atoms with E-state index in [1.54, 1.807) is 30.3 Å². The van der Waals surface area contributed by atoms with Crippen LogP contribution in [0.3, 0.4) is 0 Å². The smallest absolute Gasteiger partial charge is 0.129 e. The fraction of sp³-hybridized carbons (Fsp3) is 0.182. The topological polar surface area (TPSA) is 21.3 Å². The van der Waals surface area contributed by atoms with Crippen molar-refractivity contribution >= 4 is 0 Å². The van der Waals surface area contributed by atoms with Gasteiger partial charge in [0.15, 0.2) is 0 Å². The summed E-state index contributed by atoms with van der Waals surface area (Å²) in [6.07, 6.45) is 0.616. The first kappa shape index (κ1) is 18.1. The molecule has 0 fully saturated rings. The van der Waals surface area contributed by atoms with Crippen molar-refractivity contribution < 1.29 is 13.5 Å². The average molecular weight is 353 g/mol. The lowest BCUT2D eigenvalue weighted by molar-refractivity contribution is 0.296. The van der Waals surface area contributed by atoms with E-state index in [9.17, 15) is 8.78 Å². The summed E-state index contributed by atoms with van der Waals surface area (Å²) in [6.45, 7) is 1.43. The molecule has 0 atom stereocenters. The van der Waals surface area contributed by atoms with Crippen LogP contribution in [0.5, 0.6) is 5.75 Å². The molecule has 0 spiro atoms. The molecule has 0 aliphatic carbocycles. The lowest BCUT2D eigenvalue weighted by Gasteiger charge is -2.13. The highest BCUT2D eigenvalue weighted by atomic mass is 19.1. The predicted octanol–water partition coefficient (Wildman–Crippen LogP) is 4.88. The highest BCUT2D eigenvalue weighted by Crippen LogP contribution is 2.20. The van der Waals surface area contributed by atoms with E-state index >= 15 is 0 Å². The molecular formula is C22H21F2NO. The summed E-state index contributed by atoms with van der Waals surface area (Å²) in [6, 6.07) is 21.0. The number of rotatable bonds is 8. The van der Waals surface area contributed by atoms with Crippen molar-refractivity contribution in [3.63, 3.8) is 0 Å². The molecule has 3 aromatic rings. The molecule has 0 radical (unpaired) electrons. The van der Waals surface area contributed by atoms with Crippen LogP contribution in [-0.2, 0) is 19.6 Å². The van der Waals surface area contributed by atoms with Gasteiger partial charge in [0.2, 0.25) is 0 Å². The minimum absolute atomic E-state index is 0.178. The van der Waals surface area contributed by atoms with Gasteiger partial charge in [0, 0.05) is 17.7 Å². The Kier molecular flexibility index (Phi) is 6.34. The van der Waals surface area contributed by atoms with Gasteiger partial charge in [-0.25, -0.2) is 8.78 Å². The molecule has 0 amide bonds. The van der Waals surface area contributed by atoms with Gasteiger partial charge in [0.25, 0.3) is 0 Å². The van der Waals surface area contributed by atoms with E-state index in [4.69, 9.17) is 4.74 Å². The molecule has 2 nitrogen and oxygen atoms in total.